The van der Waals surface area contributed by atoms with Gasteiger partial charge in [-0.25, -0.2) is 4.39 Å². The summed E-state index contributed by atoms with van der Waals surface area (Å²) in [5.74, 6) is -0.429. The molecule has 0 aliphatic heterocycles. The van der Waals surface area contributed by atoms with E-state index in [1.54, 1.807) is 19.1 Å². The molecule has 0 unspecified atom stereocenters. The highest BCUT2D eigenvalue weighted by atomic mass is 19.1. The van der Waals surface area contributed by atoms with Gasteiger partial charge in [0.05, 0.1) is 6.04 Å². The van der Waals surface area contributed by atoms with E-state index in [-0.39, 0.29) is 11.7 Å². The highest BCUT2D eigenvalue weighted by Gasteiger charge is 2.12. The summed E-state index contributed by atoms with van der Waals surface area (Å²) in [6, 6.07) is 4.47. The predicted octanol–water partition coefficient (Wildman–Crippen LogP) is 2.27. The van der Waals surface area contributed by atoms with Crippen LogP contribution in [0.15, 0.2) is 18.2 Å². The summed E-state index contributed by atoms with van der Waals surface area (Å²) in [5.41, 5.74) is 7.08. The summed E-state index contributed by atoms with van der Waals surface area (Å²) in [4.78, 5) is 11.6. The van der Waals surface area contributed by atoms with Crippen LogP contribution >= 0.6 is 0 Å². The van der Waals surface area contributed by atoms with Crippen molar-refractivity contribution in [3.8, 4) is 0 Å². The Labute approximate surface area is 108 Å². The summed E-state index contributed by atoms with van der Waals surface area (Å²) in [6.07, 6.45) is 2.64. The van der Waals surface area contributed by atoms with Crippen LogP contribution in [0.2, 0.25) is 0 Å². The van der Waals surface area contributed by atoms with Crippen molar-refractivity contribution in [2.75, 3.05) is 0 Å². The zero-order valence-corrected chi connectivity index (χ0v) is 11.0. The van der Waals surface area contributed by atoms with E-state index in [0.717, 1.165) is 18.4 Å². The lowest BCUT2D eigenvalue weighted by atomic mass is 10.1. The third-order valence-corrected chi connectivity index (χ3v) is 2.91. The first-order valence-corrected chi connectivity index (χ1v) is 6.33. The molecule has 1 atom stereocenters. The summed E-state index contributed by atoms with van der Waals surface area (Å²) < 4.78 is 13.3. The second-order valence-corrected chi connectivity index (χ2v) is 4.55. The van der Waals surface area contributed by atoms with E-state index >= 15 is 0 Å². The summed E-state index contributed by atoms with van der Waals surface area (Å²) in [7, 11) is 0. The molecule has 1 rings (SSSR count). The molecule has 0 saturated carbocycles. The van der Waals surface area contributed by atoms with Crippen molar-refractivity contribution in [3.05, 3.63) is 35.1 Å². The van der Waals surface area contributed by atoms with Crippen LogP contribution in [-0.2, 0) is 11.3 Å². The van der Waals surface area contributed by atoms with Gasteiger partial charge in [-0.15, -0.1) is 0 Å². The number of carbonyl (C=O) groups excluding carboxylic acids is 1. The summed E-state index contributed by atoms with van der Waals surface area (Å²) in [6.45, 7) is 4.08. The Hall–Kier alpha value is -1.42. The molecule has 0 radical (unpaired) electrons. The molecule has 18 heavy (non-hydrogen) atoms. The molecule has 3 N–H and O–H groups in total. The Balaban J connectivity index is 2.44. The van der Waals surface area contributed by atoms with Crippen LogP contribution in [0.1, 0.15) is 37.3 Å². The maximum Gasteiger partial charge on any atom is 0.237 e. The van der Waals surface area contributed by atoms with Gasteiger partial charge in [-0.3, -0.25) is 4.79 Å². The summed E-state index contributed by atoms with van der Waals surface area (Å²) >= 11 is 0. The Morgan fingerprint density at radius 2 is 2.22 bits per heavy atom. The molecule has 1 amide bonds. The molecule has 0 bridgehead atoms. The van der Waals surface area contributed by atoms with Crippen LogP contribution in [-0.4, -0.2) is 11.9 Å². The molecular formula is C14H21FN2O. The van der Waals surface area contributed by atoms with E-state index in [9.17, 15) is 9.18 Å². The summed E-state index contributed by atoms with van der Waals surface area (Å²) in [5, 5.41) is 2.72. The average Bonchev–Trinajstić information content (AvgIpc) is 2.36. The number of nitrogens with one attached hydrogen (secondary N) is 1. The third kappa shape index (κ3) is 4.45. The van der Waals surface area contributed by atoms with Crippen LogP contribution in [0.5, 0.6) is 0 Å². The number of rotatable bonds is 6. The number of halogens is 1. The smallest absolute Gasteiger partial charge is 0.237 e. The van der Waals surface area contributed by atoms with E-state index in [4.69, 9.17) is 5.73 Å². The maximum absolute atomic E-state index is 13.3. The third-order valence-electron chi connectivity index (χ3n) is 2.91. The van der Waals surface area contributed by atoms with Gasteiger partial charge in [-0.1, -0.05) is 31.9 Å². The number of unbranched alkanes of at least 4 members (excludes halogenated alkanes) is 1. The number of benzene rings is 1. The first kappa shape index (κ1) is 14.6. The van der Waals surface area contributed by atoms with Crippen LogP contribution in [0.4, 0.5) is 4.39 Å². The monoisotopic (exact) mass is 252 g/mol. The molecule has 1 aromatic carbocycles. The lowest BCUT2D eigenvalue weighted by molar-refractivity contribution is -0.122. The molecule has 0 aromatic heterocycles. The molecule has 0 aliphatic carbocycles. The number of hydrogen-bond acceptors (Lipinski definition) is 2. The minimum atomic E-state index is -0.472. The number of aryl methyl sites for hydroxylation is 1. The zero-order valence-electron chi connectivity index (χ0n) is 11.0. The number of amides is 1. The second kappa shape index (κ2) is 7.11. The van der Waals surface area contributed by atoms with Crippen molar-refractivity contribution >= 4 is 5.91 Å². The van der Waals surface area contributed by atoms with E-state index in [0.29, 0.717) is 18.5 Å². The van der Waals surface area contributed by atoms with Gasteiger partial charge >= 0.3 is 0 Å². The Morgan fingerprint density at radius 3 is 2.83 bits per heavy atom. The van der Waals surface area contributed by atoms with Crippen LogP contribution in [0.3, 0.4) is 0 Å². The predicted molar refractivity (Wildman–Crippen MR) is 70.5 cm³/mol. The van der Waals surface area contributed by atoms with Gasteiger partial charge in [-0.2, -0.15) is 0 Å². The molecule has 4 heteroatoms. The van der Waals surface area contributed by atoms with E-state index in [1.165, 1.54) is 6.07 Å². The Kier molecular flexibility index (Phi) is 5.78. The molecule has 100 valence electrons. The van der Waals surface area contributed by atoms with Gasteiger partial charge < -0.3 is 11.1 Å². The van der Waals surface area contributed by atoms with Crippen LogP contribution in [0, 0.1) is 12.7 Å². The minimum absolute atomic E-state index is 0.176. The average molecular weight is 252 g/mol. The quantitative estimate of drug-likeness (QED) is 0.816. The van der Waals surface area contributed by atoms with Crippen molar-refractivity contribution in [2.24, 2.45) is 5.73 Å². The molecular weight excluding hydrogens is 231 g/mol. The number of nitrogens with two attached hydrogens (primary N) is 1. The highest BCUT2D eigenvalue weighted by molar-refractivity contribution is 5.81. The van der Waals surface area contributed by atoms with Crippen molar-refractivity contribution in [3.63, 3.8) is 0 Å². The lowest BCUT2D eigenvalue weighted by Gasteiger charge is -2.12. The molecule has 0 spiro atoms. The second-order valence-electron chi connectivity index (χ2n) is 4.55. The van der Waals surface area contributed by atoms with Gasteiger partial charge in [0, 0.05) is 6.54 Å². The van der Waals surface area contributed by atoms with Crippen LogP contribution < -0.4 is 11.1 Å². The van der Waals surface area contributed by atoms with Gasteiger partial charge in [-0.05, 0) is 30.5 Å². The van der Waals surface area contributed by atoms with Gasteiger partial charge in [0.15, 0.2) is 0 Å². The number of carbonyl (C=O) groups is 1. The van der Waals surface area contributed by atoms with E-state index in [1.807, 2.05) is 0 Å². The van der Waals surface area contributed by atoms with Crippen molar-refractivity contribution in [2.45, 2.75) is 45.7 Å². The van der Waals surface area contributed by atoms with E-state index in [2.05, 4.69) is 12.2 Å². The topological polar surface area (TPSA) is 55.1 Å². The van der Waals surface area contributed by atoms with Gasteiger partial charge in [0.1, 0.15) is 5.82 Å². The molecule has 0 fully saturated rings. The van der Waals surface area contributed by atoms with Crippen molar-refractivity contribution in [1.82, 2.24) is 5.32 Å². The molecule has 3 nitrogen and oxygen atoms in total. The molecule has 0 heterocycles. The standard InChI is InChI=1S/C14H21FN2O/c1-3-4-5-13(16)14(18)17-9-11-7-6-10(2)12(15)8-11/h6-8,13H,3-5,9,16H2,1-2H3,(H,17,18)/t13-/m0/s1. The van der Waals surface area contributed by atoms with Crippen molar-refractivity contribution in [1.29, 1.82) is 0 Å². The fourth-order valence-electron chi connectivity index (χ4n) is 1.62. The lowest BCUT2D eigenvalue weighted by Crippen LogP contribution is -2.40. The first-order chi connectivity index (χ1) is 8.54. The van der Waals surface area contributed by atoms with Gasteiger partial charge in [0.2, 0.25) is 5.91 Å². The Bertz CT molecular complexity index is 407. The fourth-order valence-corrected chi connectivity index (χ4v) is 1.62. The normalized spacial score (nSPS) is 12.2. The zero-order chi connectivity index (χ0) is 13.5. The molecule has 1 aromatic rings. The van der Waals surface area contributed by atoms with Gasteiger partial charge in [0.25, 0.3) is 0 Å². The highest BCUT2D eigenvalue weighted by Crippen LogP contribution is 2.09. The largest absolute Gasteiger partial charge is 0.351 e. The molecule has 0 aliphatic rings. The van der Waals surface area contributed by atoms with Crippen molar-refractivity contribution < 1.29 is 9.18 Å². The first-order valence-electron chi connectivity index (χ1n) is 6.33. The fraction of sp³-hybridized carbons (Fsp3) is 0.500. The SMILES string of the molecule is CCCC[C@H](N)C(=O)NCc1ccc(C)c(F)c1. The van der Waals surface area contributed by atoms with E-state index < -0.39 is 6.04 Å². The minimum Gasteiger partial charge on any atom is -0.351 e. The Morgan fingerprint density at radius 1 is 1.50 bits per heavy atom. The van der Waals surface area contributed by atoms with Crippen LogP contribution in [0.25, 0.3) is 0 Å². The number of hydrogen-bond donors (Lipinski definition) is 2. The maximum atomic E-state index is 13.3. The molecule has 0 saturated heterocycles.